The number of fused-ring (bicyclic) bond motifs is 2. The number of carbonyl (C=O) groups is 2. The number of nitrogens with zero attached hydrogens (tertiary/aromatic N) is 1. The monoisotopic (exact) mass is 446 g/mol. The number of hydrogen-bond acceptors (Lipinski definition) is 5. The van der Waals surface area contributed by atoms with E-state index >= 15 is 0 Å². The number of halogens is 1. The molecule has 8 heteroatoms. The van der Waals surface area contributed by atoms with Crippen LogP contribution in [0.2, 0.25) is 0 Å². The molecule has 2 heterocycles. The van der Waals surface area contributed by atoms with Gasteiger partial charge >= 0.3 is 6.09 Å². The number of carbonyl (C=O) groups excluding carboxylic acids is 2. The zero-order valence-electron chi connectivity index (χ0n) is 15.2. The van der Waals surface area contributed by atoms with Crippen molar-refractivity contribution >= 4 is 27.9 Å². The highest BCUT2D eigenvalue weighted by Gasteiger charge is 2.36. The third-order valence-corrected chi connectivity index (χ3v) is 5.39. The summed E-state index contributed by atoms with van der Waals surface area (Å²) < 4.78 is 16.4. The van der Waals surface area contributed by atoms with Crippen molar-refractivity contribution in [3.8, 4) is 11.5 Å². The van der Waals surface area contributed by atoms with Gasteiger partial charge in [0.15, 0.2) is 11.5 Å². The van der Waals surface area contributed by atoms with Crippen molar-refractivity contribution in [2.75, 3.05) is 20.4 Å². The number of amides is 2. The van der Waals surface area contributed by atoms with E-state index in [-0.39, 0.29) is 12.7 Å². The normalized spacial score (nSPS) is 17.1. The molecular weight excluding hydrogens is 428 g/mol. The fraction of sp³-hybridized carbons (Fsp3) is 0.300. The molecule has 0 aromatic heterocycles. The standard InChI is InChI=1S/C20H19BrN2O5/c1-26-20(25)23-7-6-13-3-4-14(21)9-15(13)18(23)19(24)22-10-12-2-5-16-17(8-12)28-11-27-16/h2-5,8-9,18H,6-7,10-11H2,1H3,(H,22,24)/t18-/m1/s1. The lowest BCUT2D eigenvalue weighted by Gasteiger charge is -2.35. The van der Waals surface area contributed by atoms with Gasteiger partial charge in [-0.1, -0.05) is 28.1 Å². The number of benzene rings is 2. The zero-order valence-corrected chi connectivity index (χ0v) is 16.8. The largest absolute Gasteiger partial charge is 0.454 e. The smallest absolute Gasteiger partial charge is 0.410 e. The van der Waals surface area contributed by atoms with Crippen molar-refractivity contribution in [2.45, 2.75) is 19.0 Å². The van der Waals surface area contributed by atoms with E-state index in [1.807, 2.05) is 36.4 Å². The number of methoxy groups -OCH3 is 1. The topological polar surface area (TPSA) is 77.1 Å². The van der Waals surface area contributed by atoms with Crippen LogP contribution in [0, 0.1) is 0 Å². The predicted octanol–water partition coefficient (Wildman–Crippen LogP) is 3.16. The lowest BCUT2D eigenvalue weighted by molar-refractivity contribution is -0.126. The lowest BCUT2D eigenvalue weighted by atomic mass is 9.92. The van der Waals surface area contributed by atoms with Crippen LogP contribution < -0.4 is 14.8 Å². The molecule has 0 bridgehead atoms. The summed E-state index contributed by atoms with van der Waals surface area (Å²) >= 11 is 3.45. The number of nitrogens with one attached hydrogen (secondary N) is 1. The fourth-order valence-corrected chi connectivity index (χ4v) is 3.90. The van der Waals surface area contributed by atoms with Crippen LogP contribution in [-0.2, 0) is 22.5 Å². The number of hydrogen-bond donors (Lipinski definition) is 1. The first-order valence-electron chi connectivity index (χ1n) is 8.86. The molecule has 0 saturated heterocycles. The summed E-state index contributed by atoms with van der Waals surface area (Å²) in [6, 6.07) is 10.6. The molecule has 4 rings (SSSR count). The Kier molecular flexibility index (Phi) is 5.13. The van der Waals surface area contributed by atoms with Crippen LogP contribution in [0.4, 0.5) is 4.79 Å². The fourth-order valence-electron chi connectivity index (χ4n) is 3.52. The van der Waals surface area contributed by atoms with E-state index in [9.17, 15) is 9.59 Å². The van der Waals surface area contributed by atoms with Gasteiger partial charge in [-0.15, -0.1) is 0 Å². The maximum Gasteiger partial charge on any atom is 0.410 e. The van der Waals surface area contributed by atoms with E-state index in [0.717, 1.165) is 21.2 Å². The van der Waals surface area contributed by atoms with Crippen molar-refractivity contribution in [1.82, 2.24) is 10.2 Å². The van der Waals surface area contributed by atoms with Gasteiger partial charge in [-0.05, 0) is 47.4 Å². The second-order valence-corrected chi connectivity index (χ2v) is 7.48. The van der Waals surface area contributed by atoms with Crippen molar-refractivity contribution in [3.63, 3.8) is 0 Å². The maximum atomic E-state index is 13.1. The second kappa shape index (κ2) is 7.71. The van der Waals surface area contributed by atoms with Gasteiger partial charge < -0.3 is 19.5 Å². The first-order valence-corrected chi connectivity index (χ1v) is 9.65. The summed E-state index contributed by atoms with van der Waals surface area (Å²) in [6.45, 7) is 0.931. The molecule has 0 unspecified atom stereocenters. The summed E-state index contributed by atoms with van der Waals surface area (Å²) in [6.07, 6.45) is 0.151. The Bertz CT molecular complexity index is 933. The van der Waals surface area contributed by atoms with E-state index in [1.54, 1.807) is 0 Å². The van der Waals surface area contributed by atoms with Crippen molar-refractivity contribution in [3.05, 3.63) is 57.6 Å². The summed E-state index contributed by atoms with van der Waals surface area (Å²) in [5.74, 6) is 1.09. The van der Waals surface area contributed by atoms with Gasteiger partial charge in [0, 0.05) is 17.6 Å². The van der Waals surface area contributed by atoms with E-state index < -0.39 is 12.1 Å². The quantitative estimate of drug-likeness (QED) is 0.783. The Morgan fingerprint density at radius 1 is 1.21 bits per heavy atom. The van der Waals surface area contributed by atoms with E-state index in [1.165, 1.54) is 12.0 Å². The average molecular weight is 447 g/mol. The highest BCUT2D eigenvalue weighted by molar-refractivity contribution is 9.10. The first kappa shape index (κ1) is 18.6. The van der Waals surface area contributed by atoms with Crippen LogP contribution in [0.1, 0.15) is 22.7 Å². The Balaban J connectivity index is 1.56. The third kappa shape index (κ3) is 3.52. The molecule has 1 atom stereocenters. The van der Waals surface area contributed by atoms with Crippen molar-refractivity contribution in [1.29, 1.82) is 0 Å². The van der Waals surface area contributed by atoms with E-state index in [2.05, 4.69) is 21.2 Å². The van der Waals surface area contributed by atoms with Crippen LogP contribution in [-0.4, -0.2) is 37.3 Å². The zero-order chi connectivity index (χ0) is 19.7. The van der Waals surface area contributed by atoms with Gasteiger partial charge in [0.1, 0.15) is 6.04 Å². The Morgan fingerprint density at radius 3 is 2.86 bits per heavy atom. The van der Waals surface area contributed by atoms with E-state index in [4.69, 9.17) is 14.2 Å². The first-order chi connectivity index (χ1) is 13.6. The third-order valence-electron chi connectivity index (χ3n) is 4.90. The Hall–Kier alpha value is -2.74. The molecule has 2 amide bonds. The highest BCUT2D eigenvalue weighted by Crippen LogP contribution is 2.34. The van der Waals surface area contributed by atoms with Gasteiger partial charge in [0.2, 0.25) is 12.7 Å². The van der Waals surface area contributed by atoms with Crippen molar-refractivity contribution in [2.24, 2.45) is 0 Å². The minimum absolute atomic E-state index is 0.201. The molecule has 2 aliphatic heterocycles. The van der Waals surface area contributed by atoms with Crippen LogP contribution in [0.25, 0.3) is 0 Å². The van der Waals surface area contributed by atoms with Crippen molar-refractivity contribution < 1.29 is 23.8 Å². The summed E-state index contributed by atoms with van der Waals surface area (Å²) in [5, 5.41) is 2.93. The molecular formula is C20H19BrN2O5. The molecule has 0 saturated carbocycles. The van der Waals surface area contributed by atoms with Gasteiger partial charge in [0.25, 0.3) is 0 Å². The number of rotatable bonds is 3. The molecule has 0 aliphatic carbocycles. The highest BCUT2D eigenvalue weighted by atomic mass is 79.9. The second-order valence-electron chi connectivity index (χ2n) is 6.56. The average Bonchev–Trinajstić information content (AvgIpc) is 3.18. The van der Waals surface area contributed by atoms with Gasteiger partial charge in [-0.25, -0.2) is 4.79 Å². The SMILES string of the molecule is COC(=O)N1CCc2ccc(Br)cc2[C@@H]1C(=O)NCc1ccc2c(c1)OCO2. The van der Waals surface area contributed by atoms with Crippen LogP contribution in [0.5, 0.6) is 11.5 Å². The van der Waals surface area contributed by atoms with Crippen LogP contribution in [0.3, 0.4) is 0 Å². The van der Waals surface area contributed by atoms with Gasteiger partial charge in [-0.2, -0.15) is 0 Å². The molecule has 0 spiro atoms. The van der Waals surface area contributed by atoms with E-state index in [0.29, 0.717) is 31.0 Å². The lowest BCUT2D eigenvalue weighted by Crippen LogP contribution is -2.47. The minimum Gasteiger partial charge on any atom is -0.454 e. The molecule has 2 aliphatic rings. The molecule has 7 nitrogen and oxygen atoms in total. The summed E-state index contributed by atoms with van der Waals surface area (Å²) in [5.41, 5.74) is 2.73. The number of ether oxygens (including phenoxy) is 3. The summed E-state index contributed by atoms with van der Waals surface area (Å²) in [7, 11) is 1.32. The maximum absolute atomic E-state index is 13.1. The van der Waals surface area contributed by atoms with Crippen LogP contribution >= 0.6 is 15.9 Å². The Morgan fingerprint density at radius 2 is 2.04 bits per heavy atom. The van der Waals surface area contributed by atoms with Crippen LogP contribution in [0.15, 0.2) is 40.9 Å². The molecule has 146 valence electrons. The summed E-state index contributed by atoms with van der Waals surface area (Å²) in [4.78, 5) is 26.8. The molecule has 2 aromatic carbocycles. The molecule has 0 radical (unpaired) electrons. The molecule has 2 aromatic rings. The molecule has 1 N–H and O–H groups in total. The Labute approximate surface area is 170 Å². The van der Waals surface area contributed by atoms with Gasteiger partial charge in [-0.3, -0.25) is 9.69 Å². The minimum atomic E-state index is -0.747. The molecule has 28 heavy (non-hydrogen) atoms. The molecule has 0 fully saturated rings. The predicted molar refractivity (Wildman–Crippen MR) is 104 cm³/mol. The van der Waals surface area contributed by atoms with Gasteiger partial charge in [0.05, 0.1) is 7.11 Å².